The molecule has 8 aromatic carbocycles. The minimum Gasteiger partial charge on any atom is -0.779 e. The first-order chi connectivity index (χ1) is 66.1. The molecule has 0 fully saturated rings. The number of fused-ring (bicyclic) bond motifs is 10. The van der Waals surface area contributed by atoms with Crippen LogP contribution in [0.2, 0.25) is 0 Å². The smallest absolute Gasteiger partial charge is 0.779 e. The zero-order valence-electron chi connectivity index (χ0n) is 78.3. The van der Waals surface area contributed by atoms with Gasteiger partial charge in [-0.25, -0.2) is 17.6 Å². The number of benzene rings is 8. The molecule has 25 heteroatoms. The molecule has 0 saturated heterocycles. The van der Waals surface area contributed by atoms with Crippen LogP contribution in [0.5, 0.6) is 5.75 Å². The molecule has 0 aliphatic carbocycles. The third kappa shape index (κ3) is 27.2. The third-order valence-electron chi connectivity index (χ3n) is 23.4. The van der Waals surface area contributed by atoms with Gasteiger partial charge in [0.25, 0.3) is 0 Å². The number of carbonyl (C=O) groups is 2. The Morgan fingerprint density at radius 2 is 0.634 bits per heavy atom. The van der Waals surface area contributed by atoms with Crippen LogP contribution in [0.25, 0.3) is 119 Å². The van der Waals surface area contributed by atoms with Gasteiger partial charge in [-0.3, -0.25) is 54.6 Å². The quantitative estimate of drug-likeness (QED) is 0.0522. The number of hydrogen-bond donors (Lipinski definition) is 2. The molecule has 18 aromatic rings. The summed E-state index contributed by atoms with van der Waals surface area (Å²) in [5.74, 6) is -4.02. The Morgan fingerprint density at radius 3 is 1.07 bits per heavy atom. The summed E-state index contributed by atoms with van der Waals surface area (Å²) in [5.41, 5.74) is 17.6. The summed E-state index contributed by atoms with van der Waals surface area (Å²) in [7, 11) is 1.41. The number of phenols is 1. The van der Waals surface area contributed by atoms with Crippen molar-refractivity contribution in [3.8, 4) is 119 Å². The average molecular weight is 2800 g/mol. The summed E-state index contributed by atoms with van der Waals surface area (Å²) >= 11 is 5.55. The molecule has 0 atom stereocenters. The summed E-state index contributed by atoms with van der Waals surface area (Å²) < 4.78 is 57.9. The van der Waals surface area contributed by atoms with Crippen molar-refractivity contribution >= 4 is 24.5 Å². The van der Waals surface area contributed by atoms with Gasteiger partial charge in [-0.2, -0.15) is 40.3 Å². The van der Waals surface area contributed by atoms with E-state index in [9.17, 15) is 37.4 Å². The zero-order valence-corrected chi connectivity index (χ0v) is 90.5. The largest absolute Gasteiger partial charge is 2.00 e. The van der Waals surface area contributed by atoms with Crippen molar-refractivity contribution in [1.82, 2.24) is 49.8 Å². The standard InChI is InChI=1S/C26H18F2N2.C25H21N2O.C25H21N2S.C21H18F2N3O.C20H17N2O2.5Pt/c27-22-16-23(28)26-24-9-3-8-21(29-24)13-12-18-5-1-4-17(14-18)10-11-19-6-2-7-20(15-19)25(22)30-26;2*1-25(2,19-12-6-7-16-23(19)28)24-17-9-15-22(27-24)21-14-8-13-20(26-21)18-10-4-3-5-11-18;1-21(2,20(27)24-3)17-11-7-10-16(25-17)19-15(23)12-14(22)18(26-19)13-8-5-4-6-9-13;1-20(2,19(23)24)18-13-7-12-17(22-18)16-11-6-10-15(21-16)14-8-4-3-5-9-14;;;;;/h1-9,16H,10-13H2;2*3-10,12-17,28H,1-2H3;4-8,10-12H,1-3H3,(H,24,27);3-8,10-13H,1-2H3,(H,23,24);;;;;/q-2;4*-1;;;3*+2/p-2. The van der Waals surface area contributed by atoms with Gasteiger partial charge in [-0.1, -0.05) is 142 Å². The van der Waals surface area contributed by atoms with Crippen LogP contribution in [-0.2, 0) is 175 Å². The predicted octanol–water partition coefficient (Wildman–Crippen LogP) is 25.7. The van der Waals surface area contributed by atoms with Gasteiger partial charge in [0.05, 0.1) is 74.2 Å². The van der Waals surface area contributed by atoms with Gasteiger partial charge in [0.15, 0.2) is 11.6 Å². The second-order valence-electron chi connectivity index (χ2n) is 34.4. The molecular weight excluding hydrogens is 2710 g/mol. The van der Waals surface area contributed by atoms with E-state index in [0.717, 1.165) is 138 Å². The molecular formula is C117H93F4N11O4Pt5S-2. The Bertz CT molecular complexity index is 7080. The van der Waals surface area contributed by atoms with E-state index < -0.39 is 45.5 Å². The van der Waals surface area contributed by atoms with Crippen LogP contribution >= 0.6 is 0 Å². The van der Waals surface area contributed by atoms with Crippen LogP contribution in [0.3, 0.4) is 0 Å². The Balaban J connectivity index is 0.000000181. The molecule has 0 saturated carbocycles. The number of amides is 1. The molecule has 1 aliphatic heterocycles. The van der Waals surface area contributed by atoms with Gasteiger partial charge >= 0.3 is 69.2 Å². The number of aryl methyl sites for hydroxylation is 4. The van der Waals surface area contributed by atoms with E-state index in [-0.39, 0.29) is 151 Å². The molecule has 0 spiro atoms. The number of nitrogens with zero attached hydrogens (tertiary/aromatic N) is 11. The predicted molar refractivity (Wildman–Crippen MR) is 531 cm³/mol. The zero-order chi connectivity index (χ0) is 96.4. The van der Waals surface area contributed by atoms with Gasteiger partial charge in [-0.15, -0.1) is 186 Å². The summed E-state index contributed by atoms with van der Waals surface area (Å²) in [4.78, 5) is 70.4. The van der Waals surface area contributed by atoms with Crippen molar-refractivity contribution in [2.75, 3.05) is 7.05 Å². The summed E-state index contributed by atoms with van der Waals surface area (Å²) in [6.45, 7) is 15.1. The van der Waals surface area contributed by atoms with E-state index in [0.29, 0.717) is 46.0 Å². The number of likely N-dealkylation sites (N-methyl/N-ethyl adjacent to an activating group) is 1. The average Bonchev–Trinajstić information content (AvgIpc) is 0.795. The molecule has 2 N–H and O–H groups in total. The first-order valence-electron chi connectivity index (χ1n) is 44.4. The number of carboxylic acids is 1. The number of halogens is 4. The number of aromatic hydroxyl groups is 1. The molecule has 8 bridgehead atoms. The number of carbonyl (C=O) groups excluding carboxylic acids is 1. The number of aliphatic carboxylic acids is 1. The maximum atomic E-state index is 14.6. The van der Waals surface area contributed by atoms with Crippen LogP contribution in [0, 0.1) is 59.7 Å². The third-order valence-corrected chi connectivity index (χ3v) is 23.8. The molecule has 142 heavy (non-hydrogen) atoms. The summed E-state index contributed by atoms with van der Waals surface area (Å²) in [5, 5.41) is 23.4. The first-order valence-corrected chi connectivity index (χ1v) is 44.8. The maximum absolute atomic E-state index is 14.6. The SMILES string of the molecule is CC(C)(C(=O)O)c1cccc(-c2cccc(-c3[c-]cccc3)n2)n1.CC(C)(c1cccc(-c2cccc(-c3[c-]cccc3)n2)n1)c1ccccc1O.CC(C)(c1cccc(-c2cccc(-c3[c-]cccc3)n2)n1)c1ccccc1[S-].C[N-]C(=O)C(C)(C)c1cccc(-c2nc(-c3[c-]cccc3)c(F)cc2F)n1.Fc1cc(F)c2nc1-c1[c-]c(ccc1)CCc1[c-]c(ccc1)CCc1cccc-2n1.[Pt+2].[Pt+2].[Pt+2].[Pt].[Pt]. The van der Waals surface area contributed by atoms with Gasteiger partial charge in [0.2, 0.25) is 0 Å². The second-order valence-corrected chi connectivity index (χ2v) is 34.9. The molecule has 1 aliphatic rings. The van der Waals surface area contributed by atoms with Crippen molar-refractivity contribution in [2.24, 2.45) is 0 Å². The van der Waals surface area contributed by atoms with Crippen molar-refractivity contribution < 1.29 is 143 Å². The monoisotopic (exact) mass is 2800 g/mol. The van der Waals surface area contributed by atoms with Crippen LogP contribution < -0.4 is 0 Å². The fraction of sp³-hybridized carbons (Fsp3) is 0.145. The minimum absolute atomic E-state index is 0. The molecule has 0 radical (unpaired) electrons. The number of para-hydroxylation sites is 1. The number of phenolic OH excluding ortho intramolecular Hbond substituents is 1. The van der Waals surface area contributed by atoms with Gasteiger partial charge in [0.1, 0.15) is 34.2 Å². The maximum Gasteiger partial charge on any atom is 2.00 e. The molecule has 1 amide bonds. The van der Waals surface area contributed by atoms with Crippen molar-refractivity contribution in [1.29, 1.82) is 0 Å². The van der Waals surface area contributed by atoms with Crippen molar-refractivity contribution in [3.63, 3.8) is 0 Å². The number of pyridine rings is 10. The van der Waals surface area contributed by atoms with E-state index in [1.54, 1.807) is 94.4 Å². The number of rotatable bonds is 16. The van der Waals surface area contributed by atoms with E-state index in [4.69, 9.17) is 32.6 Å². The molecule has 15 nitrogen and oxygen atoms in total. The van der Waals surface area contributed by atoms with Crippen LogP contribution in [0.4, 0.5) is 17.6 Å². The van der Waals surface area contributed by atoms with E-state index >= 15 is 0 Å². The number of hydrogen-bond acceptors (Lipinski definition) is 14. The molecule has 726 valence electrons. The Morgan fingerprint density at radius 1 is 0.317 bits per heavy atom. The molecule has 11 heterocycles. The first kappa shape index (κ1) is 111. The summed E-state index contributed by atoms with van der Waals surface area (Å²) in [6, 6.07) is 124. The van der Waals surface area contributed by atoms with E-state index in [1.165, 1.54) is 7.05 Å². The second kappa shape index (κ2) is 50.9. The Labute approximate surface area is 903 Å². The van der Waals surface area contributed by atoms with E-state index in [2.05, 4.69) is 124 Å². The number of carboxylic acid groups (broad SMARTS) is 1. The normalized spacial score (nSPS) is 11.3. The fourth-order valence-corrected chi connectivity index (χ4v) is 15.8. The van der Waals surface area contributed by atoms with Crippen molar-refractivity contribution in [3.05, 3.63) is 461 Å². The van der Waals surface area contributed by atoms with Crippen LogP contribution in [-0.4, -0.2) is 79.0 Å². The van der Waals surface area contributed by atoms with Crippen LogP contribution in [0.15, 0.2) is 345 Å². The summed E-state index contributed by atoms with van der Waals surface area (Å²) in [6.07, 6.45) is 3.06. The molecule has 10 aromatic heterocycles. The molecule has 0 unspecified atom stereocenters. The van der Waals surface area contributed by atoms with E-state index in [1.807, 2.05) is 237 Å². The Hall–Kier alpha value is -12.6. The van der Waals surface area contributed by atoms with Gasteiger partial charge < -0.3 is 33.0 Å². The van der Waals surface area contributed by atoms with Crippen molar-refractivity contribution in [2.45, 2.75) is 108 Å². The Kier molecular flexibility index (Phi) is 39.9. The van der Waals surface area contributed by atoms with Gasteiger partial charge in [-0.05, 0) is 155 Å². The van der Waals surface area contributed by atoms with Crippen LogP contribution in [0.1, 0.15) is 112 Å². The fourth-order valence-electron chi connectivity index (χ4n) is 15.4. The topological polar surface area (TPSA) is 218 Å². The number of aromatic nitrogens is 10. The molecule has 19 rings (SSSR count). The minimum atomic E-state index is -1.05. The van der Waals surface area contributed by atoms with Gasteiger partial charge in [0, 0.05) is 93.2 Å².